The summed E-state index contributed by atoms with van der Waals surface area (Å²) in [6.45, 7) is -1.01. The summed E-state index contributed by atoms with van der Waals surface area (Å²) >= 11 is 0. The summed E-state index contributed by atoms with van der Waals surface area (Å²) in [5.74, 6) is -0.727. The second-order valence-electron chi connectivity index (χ2n) is 11.1. The van der Waals surface area contributed by atoms with Crippen molar-refractivity contribution >= 4 is 5.97 Å². The zero-order chi connectivity index (χ0) is 31.6. The van der Waals surface area contributed by atoms with Crippen LogP contribution in [0.15, 0.2) is 24.3 Å². The molecule has 0 spiro atoms. The SMILES string of the molecule is O=C(O)CCCCCCC/C=C\C/C=C\CCCCCO[C@@H]1O[C@H](CO)[C@@H](O)[C@H](O)[C@H]1O[C@@H]1O[C@H](CO)[C@@H](O)[C@H](O)[C@H]1O. The van der Waals surface area contributed by atoms with Gasteiger partial charge in [-0.2, -0.15) is 0 Å². The van der Waals surface area contributed by atoms with Gasteiger partial charge in [-0.15, -0.1) is 0 Å². The molecule has 0 aliphatic carbocycles. The number of hydrogen-bond acceptors (Lipinski definition) is 12. The topological polar surface area (TPSA) is 216 Å². The predicted molar refractivity (Wildman–Crippen MR) is 154 cm³/mol. The second kappa shape index (κ2) is 21.3. The molecule has 2 rings (SSSR count). The molecule has 250 valence electrons. The molecule has 13 heteroatoms. The molecule has 2 fully saturated rings. The number of allylic oxidation sites excluding steroid dienone is 4. The first-order valence-electron chi connectivity index (χ1n) is 15.4. The van der Waals surface area contributed by atoms with E-state index in [1.807, 2.05) is 0 Å². The Kier molecular flexibility index (Phi) is 18.7. The van der Waals surface area contributed by atoms with Gasteiger partial charge in [-0.05, 0) is 44.9 Å². The molecule has 13 nitrogen and oxygen atoms in total. The number of carboxylic acid groups (broad SMARTS) is 1. The first-order valence-corrected chi connectivity index (χ1v) is 15.4. The lowest BCUT2D eigenvalue weighted by Gasteiger charge is -2.45. The largest absolute Gasteiger partial charge is 0.481 e. The molecule has 10 atom stereocenters. The number of unbranched alkanes of at least 4 members (excludes halogenated alkanes) is 8. The molecule has 0 radical (unpaired) electrons. The van der Waals surface area contributed by atoms with Gasteiger partial charge in [-0.1, -0.05) is 50.0 Å². The van der Waals surface area contributed by atoms with Crippen molar-refractivity contribution in [3.63, 3.8) is 0 Å². The van der Waals surface area contributed by atoms with Gasteiger partial charge in [0.2, 0.25) is 0 Å². The van der Waals surface area contributed by atoms with Gasteiger partial charge in [0, 0.05) is 13.0 Å². The van der Waals surface area contributed by atoms with Crippen LogP contribution in [0.5, 0.6) is 0 Å². The Hall–Kier alpha value is -1.49. The van der Waals surface area contributed by atoms with Crippen molar-refractivity contribution in [2.45, 2.75) is 138 Å². The van der Waals surface area contributed by atoms with Crippen LogP contribution in [0.2, 0.25) is 0 Å². The number of ether oxygens (including phenoxy) is 4. The Balaban J connectivity index is 1.66. The lowest BCUT2D eigenvalue weighted by atomic mass is 9.97. The fourth-order valence-electron chi connectivity index (χ4n) is 4.99. The maximum Gasteiger partial charge on any atom is 0.303 e. The minimum Gasteiger partial charge on any atom is -0.481 e. The third kappa shape index (κ3) is 13.2. The van der Waals surface area contributed by atoms with Crippen molar-refractivity contribution in [1.29, 1.82) is 0 Å². The number of aliphatic hydroxyl groups is 7. The molecule has 0 bridgehead atoms. The highest BCUT2D eigenvalue weighted by Crippen LogP contribution is 2.29. The Morgan fingerprint density at radius 1 is 0.628 bits per heavy atom. The molecule has 0 aromatic rings. The average Bonchev–Trinajstić information content (AvgIpc) is 2.99. The quantitative estimate of drug-likeness (QED) is 0.0649. The van der Waals surface area contributed by atoms with Crippen LogP contribution in [0.25, 0.3) is 0 Å². The summed E-state index contributed by atoms with van der Waals surface area (Å²) in [5.41, 5.74) is 0. The van der Waals surface area contributed by atoms with E-state index < -0.39 is 80.6 Å². The van der Waals surface area contributed by atoms with E-state index in [0.29, 0.717) is 6.42 Å². The first-order chi connectivity index (χ1) is 20.7. The number of carbonyl (C=O) groups is 1. The van der Waals surface area contributed by atoms with Crippen LogP contribution in [0.4, 0.5) is 0 Å². The van der Waals surface area contributed by atoms with Crippen LogP contribution in [0.1, 0.15) is 77.0 Å². The lowest BCUT2D eigenvalue weighted by molar-refractivity contribution is -0.367. The molecule has 2 aliphatic heterocycles. The van der Waals surface area contributed by atoms with Crippen molar-refractivity contribution in [3.05, 3.63) is 24.3 Å². The molecular weight excluding hydrogens is 568 g/mol. The van der Waals surface area contributed by atoms with Gasteiger partial charge in [0.15, 0.2) is 12.6 Å². The number of carboxylic acids is 1. The number of aliphatic hydroxyl groups excluding tert-OH is 7. The van der Waals surface area contributed by atoms with E-state index in [2.05, 4.69) is 24.3 Å². The fourth-order valence-corrected chi connectivity index (χ4v) is 4.99. The zero-order valence-corrected chi connectivity index (χ0v) is 24.8. The van der Waals surface area contributed by atoms with E-state index >= 15 is 0 Å². The maximum atomic E-state index is 10.7. The van der Waals surface area contributed by atoms with Gasteiger partial charge in [0.25, 0.3) is 0 Å². The Labute approximate surface area is 253 Å². The Morgan fingerprint density at radius 2 is 1.16 bits per heavy atom. The van der Waals surface area contributed by atoms with Gasteiger partial charge >= 0.3 is 5.97 Å². The number of aliphatic carboxylic acids is 1. The van der Waals surface area contributed by atoms with E-state index in [4.69, 9.17) is 24.1 Å². The molecule has 0 aromatic carbocycles. The number of rotatable bonds is 21. The van der Waals surface area contributed by atoms with Crippen molar-refractivity contribution in [2.24, 2.45) is 0 Å². The summed E-state index contributed by atoms with van der Waals surface area (Å²) in [6.07, 6.45) is 4.52. The van der Waals surface area contributed by atoms with Gasteiger partial charge in [-0.25, -0.2) is 0 Å². The molecular formula is C30H52O13. The lowest BCUT2D eigenvalue weighted by Crippen LogP contribution is -2.64. The highest BCUT2D eigenvalue weighted by molar-refractivity contribution is 5.66. The van der Waals surface area contributed by atoms with E-state index in [1.54, 1.807) is 0 Å². The molecule has 0 amide bonds. The van der Waals surface area contributed by atoms with E-state index in [0.717, 1.165) is 64.2 Å². The summed E-state index contributed by atoms with van der Waals surface area (Å²) in [5, 5.41) is 78.9. The minimum absolute atomic E-state index is 0.228. The molecule has 43 heavy (non-hydrogen) atoms. The highest BCUT2D eigenvalue weighted by atomic mass is 16.8. The zero-order valence-electron chi connectivity index (χ0n) is 24.8. The van der Waals surface area contributed by atoms with Crippen LogP contribution in [0, 0.1) is 0 Å². The fraction of sp³-hybridized carbons (Fsp3) is 0.833. The van der Waals surface area contributed by atoms with Crippen LogP contribution < -0.4 is 0 Å². The predicted octanol–water partition coefficient (Wildman–Crippen LogP) is 0.505. The Bertz CT molecular complexity index is 807. The van der Waals surface area contributed by atoms with Crippen molar-refractivity contribution in [2.75, 3.05) is 19.8 Å². The number of hydrogen-bond donors (Lipinski definition) is 8. The van der Waals surface area contributed by atoms with E-state index in [9.17, 15) is 40.5 Å². The summed E-state index contributed by atoms with van der Waals surface area (Å²) in [7, 11) is 0. The van der Waals surface area contributed by atoms with Crippen molar-refractivity contribution in [3.8, 4) is 0 Å². The minimum atomic E-state index is -1.71. The van der Waals surface area contributed by atoms with Crippen molar-refractivity contribution < 1.29 is 64.6 Å². The molecule has 8 N–H and O–H groups in total. The van der Waals surface area contributed by atoms with Crippen LogP contribution >= 0.6 is 0 Å². The van der Waals surface area contributed by atoms with Gasteiger partial charge in [0.05, 0.1) is 13.2 Å². The van der Waals surface area contributed by atoms with E-state index in [-0.39, 0.29) is 13.0 Å². The van der Waals surface area contributed by atoms with Gasteiger partial charge in [-0.3, -0.25) is 4.79 Å². The molecule has 2 saturated heterocycles. The highest BCUT2D eigenvalue weighted by Gasteiger charge is 2.50. The first kappa shape index (κ1) is 37.7. The molecule has 0 aromatic heterocycles. The van der Waals surface area contributed by atoms with E-state index in [1.165, 1.54) is 0 Å². The third-order valence-corrected chi connectivity index (χ3v) is 7.63. The third-order valence-electron chi connectivity index (χ3n) is 7.63. The van der Waals surface area contributed by atoms with Crippen molar-refractivity contribution in [1.82, 2.24) is 0 Å². The standard InChI is InChI=1S/C30H52O13/c31-18-20-23(35)25(37)27(39)29(41-20)43-28-26(38)24(36)21(19-32)42-30(28)40-17-15-13-11-9-7-5-3-1-2-4-6-8-10-12-14-16-22(33)34/h1-2,5,7,20-21,23-32,35-39H,3-4,6,8-19H2,(H,33,34)/b2-1-,7-5-/t20-,21-,23-,24-,25+,26+,27-,28-,29+,30-/m1/s1. The summed E-state index contributed by atoms with van der Waals surface area (Å²) < 4.78 is 22.4. The van der Waals surface area contributed by atoms with Gasteiger partial charge < -0.3 is 59.8 Å². The monoisotopic (exact) mass is 620 g/mol. The summed E-state index contributed by atoms with van der Waals surface area (Å²) in [6, 6.07) is 0. The van der Waals surface area contributed by atoms with Crippen LogP contribution in [-0.2, 0) is 23.7 Å². The summed E-state index contributed by atoms with van der Waals surface area (Å²) in [4.78, 5) is 10.5. The molecule has 2 heterocycles. The smallest absolute Gasteiger partial charge is 0.303 e. The van der Waals surface area contributed by atoms with Crippen LogP contribution in [0.3, 0.4) is 0 Å². The van der Waals surface area contributed by atoms with Crippen LogP contribution in [-0.4, -0.2) is 128 Å². The molecule has 0 saturated carbocycles. The molecule has 0 unspecified atom stereocenters. The second-order valence-corrected chi connectivity index (χ2v) is 11.1. The molecule has 2 aliphatic rings. The van der Waals surface area contributed by atoms with Gasteiger partial charge in [0.1, 0.15) is 48.8 Å². The maximum absolute atomic E-state index is 10.7. The normalized spacial score (nSPS) is 33.5. The Morgan fingerprint density at radius 3 is 1.77 bits per heavy atom. The average molecular weight is 621 g/mol.